The van der Waals surface area contributed by atoms with Crippen LogP contribution in [0.3, 0.4) is 0 Å². The number of halogens is 4. The minimum absolute atomic E-state index is 0.206. The first-order valence-electron chi connectivity index (χ1n) is 5.58. The van der Waals surface area contributed by atoms with E-state index in [0.717, 1.165) is 18.3 Å². The van der Waals surface area contributed by atoms with E-state index < -0.39 is 11.7 Å². The number of nitrogens with one attached hydrogen (secondary N) is 2. The number of hydrogen-bond acceptors (Lipinski definition) is 1. The summed E-state index contributed by atoms with van der Waals surface area (Å²) >= 11 is 5.98. The van der Waals surface area contributed by atoms with Gasteiger partial charge in [0.25, 0.3) is 0 Å². The van der Waals surface area contributed by atoms with Crippen molar-refractivity contribution in [3.8, 4) is 0 Å². The SMILES string of the molecule is FC(F)(F)c1ccc(Cl)c2[nH]c3c(c12)CNCC3. The van der Waals surface area contributed by atoms with Crippen LogP contribution in [-0.2, 0) is 19.1 Å². The third kappa shape index (κ3) is 1.69. The summed E-state index contributed by atoms with van der Waals surface area (Å²) in [6, 6.07) is 2.34. The van der Waals surface area contributed by atoms with Crippen molar-refractivity contribution < 1.29 is 13.2 Å². The van der Waals surface area contributed by atoms with Crippen molar-refractivity contribution in [2.24, 2.45) is 0 Å². The van der Waals surface area contributed by atoms with Crippen LogP contribution in [0.25, 0.3) is 10.9 Å². The Balaban J connectivity index is 2.38. The normalized spacial score (nSPS) is 16.0. The van der Waals surface area contributed by atoms with Crippen molar-refractivity contribution in [2.45, 2.75) is 19.1 Å². The molecule has 0 fully saturated rings. The second kappa shape index (κ2) is 3.90. The van der Waals surface area contributed by atoms with Gasteiger partial charge in [0, 0.05) is 30.6 Å². The maximum atomic E-state index is 13.0. The number of alkyl halides is 3. The fourth-order valence-corrected chi connectivity index (χ4v) is 2.67. The summed E-state index contributed by atoms with van der Waals surface area (Å²) in [6.07, 6.45) is -3.67. The van der Waals surface area contributed by atoms with Crippen molar-refractivity contribution in [3.05, 3.63) is 34.0 Å². The van der Waals surface area contributed by atoms with Gasteiger partial charge in [-0.3, -0.25) is 0 Å². The minimum Gasteiger partial charge on any atom is -0.357 e. The zero-order valence-electron chi connectivity index (χ0n) is 9.29. The molecule has 2 heterocycles. The molecule has 0 amide bonds. The van der Waals surface area contributed by atoms with Crippen LogP contribution in [0.4, 0.5) is 13.2 Å². The predicted molar refractivity (Wildman–Crippen MR) is 63.7 cm³/mol. The molecular formula is C12H10ClF3N2. The number of benzene rings is 1. The van der Waals surface area contributed by atoms with Crippen LogP contribution in [0.5, 0.6) is 0 Å². The van der Waals surface area contributed by atoms with Gasteiger partial charge in [0.2, 0.25) is 0 Å². The standard InChI is InChI=1S/C12H10ClF3N2/c13-8-2-1-7(12(14,15)16)10-6-5-17-4-3-9(6)18-11(8)10/h1-2,17-18H,3-5H2. The van der Waals surface area contributed by atoms with Crippen LogP contribution >= 0.6 is 11.6 Å². The Bertz CT molecular complexity index is 616. The molecule has 1 aliphatic heterocycles. The van der Waals surface area contributed by atoms with Gasteiger partial charge in [-0.25, -0.2) is 0 Å². The van der Waals surface area contributed by atoms with Gasteiger partial charge in [-0.15, -0.1) is 0 Å². The highest BCUT2D eigenvalue weighted by Crippen LogP contribution is 2.40. The maximum absolute atomic E-state index is 13.0. The smallest absolute Gasteiger partial charge is 0.357 e. The van der Waals surface area contributed by atoms with Crippen LogP contribution in [0.15, 0.2) is 12.1 Å². The number of H-pyrrole nitrogens is 1. The quantitative estimate of drug-likeness (QED) is 0.756. The lowest BCUT2D eigenvalue weighted by Crippen LogP contribution is -2.23. The Morgan fingerprint density at radius 3 is 2.72 bits per heavy atom. The van der Waals surface area contributed by atoms with E-state index in [1.807, 2.05) is 0 Å². The van der Waals surface area contributed by atoms with E-state index in [1.54, 1.807) is 0 Å². The van der Waals surface area contributed by atoms with Crippen LogP contribution in [-0.4, -0.2) is 11.5 Å². The predicted octanol–water partition coefficient (Wildman–Crippen LogP) is 3.49. The van der Waals surface area contributed by atoms with Gasteiger partial charge in [0.1, 0.15) is 0 Å². The van der Waals surface area contributed by atoms with Crippen LogP contribution < -0.4 is 5.32 Å². The molecule has 2 nitrogen and oxygen atoms in total. The molecule has 1 aliphatic rings. The molecule has 1 aromatic heterocycles. The fraction of sp³-hybridized carbons (Fsp3) is 0.333. The molecule has 6 heteroatoms. The van der Waals surface area contributed by atoms with Gasteiger partial charge in [-0.2, -0.15) is 13.2 Å². The van der Waals surface area contributed by atoms with Gasteiger partial charge in [0.05, 0.1) is 16.1 Å². The van der Waals surface area contributed by atoms with Crippen molar-refractivity contribution in [2.75, 3.05) is 6.54 Å². The molecule has 0 bridgehead atoms. The first-order chi connectivity index (χ1) is 8.48. The zero-order valence-corrected chi connectivity index (χ0v) is 10.0. The van der Waals surface area contributed by atoms with E-state index in [2.05, 4.69) is 10.3 Å². The average molecular weight is 275 g/mol. The summed E-state index contributed by atoms with van der Waals surface area (Å²) in [6.45, 7) is 1.21. The van der Waals surface area contributed by atoms with Crippen molar-refractivity contribution in [3.63, 3.8) is 0 Å². The molecule has 0 spiro atoms. The summed E-state index contributed by atoms with van der Waals surface area (Å²) in [4.78, 5) is 3.02. The number of fused-ring (bicyclic) bond motifs is 3. The number of rotatable bonds is 0. The molecule has 2 N–H and O–H groups in total. The van der Waals surface area contributed by atoms with Gasteiger partial charge in [-0.1, -0.05) is 11.6 Å². The molecule has 2 aromatic rings. The van der Waals surface area contributed by atoms with Crippen molar-refractivity contribution in [1.29, 1.82) is 0 Å². The Labute approximate surface area is 106 Å². The van der Waals surface area contributed by atoms with Gasteiger partial charge >= 0.3 is 6.18 Å². The Morgan fingerprint density at radius 1 is 1.22 bits per heavy atom. The van der Waals surface area contributed by atoms with E-state index >= 15 is 0 Å². The number of aromatic nitrogens is 1. The lowest BCUT2D eigenvalue weighted by atomic mass is 10.0. The summed E-state index contributed by atoms with van der Waals surface area (Å²) in [7, 11) is 0. The first-order valence-corrected chi connectivity index (χ1v) is 5.96. The average Bonchev–Trinajstić information content (AvgIpc) is 2.68. The third-order valence-corrected chi connectivity index (χ3v) is 3.57. The highest BCUT2D eigenvalue weighted by atomic mass is 35.5. The highest BCUT2D eigenvalue weighted by molar-refractivity contribution is 6.35. The van der Waals surface area contributed by atoms with Gasteiger partial charge in [-0.05, 0) is 17.7 Å². The summed E-state index contributed by atoms with van der Waals surface area (Å²) in [5.74, 6) is 0. The number of hydrogen-bond donors (Lipinski definition) is 2. The zero-order chi connectivity index (χ0) is 12.9. The molecule has 0 atom stereocenters. The Morgan fingerprint density at radius 2 is 2.00 bits per heavy atom. The molecule has 18 heavy (non-hydrogen) atoms. The topological polar surface area (TPSA) is 27.8 Å². The molecule has 3 rings (SSSR count). The number of aromatic amines is 1. The summed E-state index contributed by atoms with van der Waals surface area (Å²) < 4.78 is 39.1. The minimum atomic E-state index is -4.36. The Kier molecular flexibility index (Phi) is 2.57. The molecule has 0 radical (unpaired) electrons. The van der Waals surface area contributed by atoms with E-state index in [1.165, 1.54) is 6.07 Å². The van der Waals surface area contributed by atoms with Gasteiger partial charge in [0.15, 0.2) is 0 Å². The maximum Gasteiger partial charge on any atom is 0.417 e. The van der Waals surface area contributed by atoms with E-state index in [0.29, 0.717) is 29.1 Å². The first kappa shape index (κ1) is 11.9. The second-order valence-corrected chi connectivity index (χ2v) is 4.76. The van der Waals surface area contributed by atoms with Crippen LogP contribution in [0.1, 0.15) is 16.8 Å². The largest absolute Gasteiger partial charge is 0.417 e. The van der Waals surface area contributed by atoms with E-state index in [-0.39, 0.29) is 5.39 Å². The molecule has 96 valence electrons. The van der Waals surface area contributed by atoms with Crippen LogP contribution in [0.2, 0.25) is 5.02 Å². The molecular weight excluding hydrogens is 265 g/mol. The second-order valence-electron chi connectivity index (χ2n) is 4.35. The molecule has 0 saturated heterocycles. The summed E-state index contributed by atoms with van der Waals surface area (Å²) in [5, 5.41) is 3.62. The van der Waals surface area contributed by atoms with E-state index in [4.69, 9.17) is 11.6 Å². The lowest BCUT2D eigenvalue weighted by Gasteiger charge is -2.15. The molecule has 1 aromatic carbocycles. The molecule has 0 unspecified atom stereocenters. The van der Waals surface area contributed by atoms with Crippen molar-refractivity contribution in [1.82, 2.24) is 10.3 Å². The summed E-state index contributed by atoms with van der Waals surface area (Å²) in [5.41, 5.74) is 1.30. The van der Waals surface area contributed by atoms with Gasteiger partial charge < -0.3 is 10.3 Å². The Hall–Kier alpha value is -1.20. The highest BCUT2D eigenvalue weighted by Gasteiger charge is 2.35. The molecule has 0 saturated carbocycles. The fourth-order valence-electron chi connectivity index (χ4n) is 2.46. The molecule has 0 aliphatic carbocycles. The lowest BCUT2D eigenvalue weighted by molar-refractivity contribution is -0.136. The van der Waals surface area contributed by atoms with E-state index in [9.17, 15) is 13.2 Å². The third-order valence-electron chi connectivity index (χ3n) is 3.26. The van der Waals surface area contributed by atoms with Crippen LogP contribution in [0, 0.1) is 0 Å². The monoisotopic (exact) mass is 274 g/mol. The van der Waals surface area contributed by atoms with Crippen molar-refractivity contribution >= 4 is 22.5 Å².